The molecule has 2 heterocycles. The van der Waals surface area contributed by atoms with Gasteiger partial charge >= 0.3 is 0 Å². The van der Waals surface area contributed by atoms with Gasteiger partial charge in [0.25, 0.3) is 0 Å². The largest absolute Gasteiger partial charge is 0.508 e. The summed E-state index contributed by atoms with van der Waals surface area (Å²) in [5.74, 6) is 0.943. The van der Waals surface area contributed by atoms with E-state index in [4.69, 9.17) is 16.3 Å². The summed E-state index contributed by atoms with van der Waals surface area (Å²) in [5.41, 5.74) is 2.86. The number of ether oxygens (including phenoxy) is 1. The fourth-order valence-corrected chi connectivity index (χ4v) is 2.39. The molecule has 0 amide bonds. The van der Waals surface area contributed by atoms with Crippen LogP contribution in [0.1, 0.15) is 16.8 Å². The molecule has 0 bridgehead atoms. The standard InChI is InChI=1S/C14H14ClN3O2/c15-14-17-12-4-5-20-8-11(12)13(18-14)16-7-9-2-1-3-10(19)6-9/h1-3,6,19H,4-5,7-8H2,(H,16,17,18). The van der Waals surface area contributed by atoms with Crippen molar-refractivity contribution in [1.82, 2.24) is 9.97 Å². The lowest BCUT2D eigenvalue weighted by Gasteiger charge is -2.19. The Labute approximate surface area is 121 Å². The summed E-state index contributed by atoms with van der Waals surface area (Å²) >= 11 is 5.95. The molecule has 0 saturated heterocycles. The van der Waals surface area contributed by atoms with Crippen LogP contribution in [0.15, 0.2) is 24.3 Å². The molecular formula is C14H14ClN3O2. The summed E-state index contributed by atoms with van der Waals surface area (Å²) in [4.78, 5) is 8.46. The fourth-order valence-electron chi connectivity index (χ4n) is 2.20. The lowest BCUT2D eigenvalue weighted by atomic mass is 10.1. The SMILES string of the molecule is Oc1cccc(CNc2nc(Cl)nc3c2COCC3)c1. The molecule has 0 saturated carbocycles. The average Bonchev–Trinajstić information content (AvgIpc) is 2.44. The number of nitrogens with one attached hydrogen (secondary N) is 1. The molecule has 0 spiro atoms. The molecule has 1 aromatic carbocycles. The second-order valence-corrected chi connectivity index (χ2v) is 4.93. The Morgan fingerprint density at radius 2 is 2.25 bits per heavy atom. The third-order valence-corrected chi connectivity index (χ3v) is 3.33. The van der Waals surface area contributed by atoms with Crippen molar-refractivity contribution in [3.8, 4) is 5.75 Å². The first-order chi connectivity index (χ1) is 9.72. The maximum absolute atomic E-state index is 9.45. The van der Waals surface area contributed by atoms with Crippen molar-refractivity contribution in [2.75, 3.05) is 11.9 Å². The number of rotatable bonds is 3. The molecule has 6 heteroatoms. The summed E-state index contributed by atoms with van der Waals surface area (Å²) in [6, 6.07) is 7.08. The van der Waals surface area contributed by atoms with Crippen molar-refractivity contribution < 1.29 is 9.84 Å². The lowest BCUT2D eigenvalue weighted by Crippen LogP contribution is -2.16. The van der Waals surface area contributed by atoms with E-state index >= 15 is 0 Å². The molecule has 3 rings (SSSR count). The molecule has 0 atom stereocenters. The van der Waals surface area contributed by atoms with Gasteiger partial charge < -0.3 is 15.2 Å². The summed E-state index contributed by atoms with van der Waals surface area (Å²) in [6.07, 6.45) is 0.748. The zero-order valence-corrected chi connectivity index (χ0v) is 11.5. The van der Waals surface area contributed by atoms with Crippen LogP contribution >= 0.6 is 11.6 Å². The normalized spacial score (nSPS) is 13.8. The van der Waals surface area contributed by atoms with Crippen LogP contribution in [-0.4, -0.2) is 21.7 Å². The van der Waals surface area contributed by atoms with E-state index in [9.17, 15) is 5.11 Å². The zero-order valence-electron chi connectivity index (χ0n) is 10.8. The van der Waals surface area contributed by atoms with Crippen LogP contribution < -0.4 is 5.32 Å². The summed E-state index contributed by atoms with van der Waals surface area (Å²) in [7, 11) is 0. The lowest BCUT2D eigenvalue weighted by molar-refractivity contribution is 0.109. The summed E-state index contributed by atoms with van der Waals surface area (Å²) in [5, 5.41) is 12.9. The van der Waals surface area contributed by atoms with Crippen molar-refractivity contribution in [2.24, 2.45) is 0 Å². The molecule has 20 heavy (non-hydrogen) atoms. The van der Waals surface area contributed by atoms with E-state index in [1.54, 1.807) is 18.2 Å². The quantitative estimate of drug-likeness (QED) is 0.851. The molecule has 1 aromatic heterocycles. The van der Waals surface area contributed by atoms with E-state index in [2.05, 4.69) is 15.3 Å². The van der Waals surface area contributed by atoms with Gasteiger partial charge in [-0.2, -0.15) is 0 Å². The van der Waals surface area contributed by atoms with Gasteiger partial charge in [-0.05, 0) is 29.3 Å². The van der Waals surface area contributed by atoms with Gasteiger partial charge in [0.2, 0.25) is 5.28 Å². The van der Waals surface area contributed by atoms with E-state index in [0.29, 0.717) is 25.6 Å². The zero-order chi connectivity index (χ0) is 13.9. The number of benzene rings is 1. The highest BCUT2D eigenvalue weighted by molar-refractivity contribution is 6.28. The van der Waals surface area contributed by atoms with Crippen molar-refractivity contribution in [1.29, 1.82) is 0 Å². The maximum Gasteiger partial charge on any atom is 0.224 e. The van der Waals surface area contributed by atoms with Gasteiger partial charge in [-0.25, -0.2) is 9.97 Å². The molecule has 0 unspecified atom stereocenters. The molecule has 0 aliphatic carbocycles. The number of fused-ring (bicyclic) bond motifs is 1. The second-order valence-electron chi connectivity index (χ2n) is 4.59. The Hall–Kier alpha value is -1.85. The van der Waals surface area contributed by atoms with Crippen LogP contribution in [0, 0.1) is 0 Å². The molecular weight excluding hydrogens is 278 g/mol. The van der Waals surface area contributed by atoms with Gasteiger partial charge in [-0.1, -0.05) is 12.1 Å². The number of hydrogen-bond donors (Lipinski definition) is 2. The Morgan fingerprint density at radius 1 is 1.35 bits per heavy atom. The van der Waals surface area contributed by atoms with E-state index in [1.807, 2.05) is 6.07 Å². The monoisotopic (exact) mass is 291 g/mol. The number of aromatic nitrogens is 2. The molecule has 0 fully saturated rings. The highest BCUT2D eigenvalue weighted by Gasteiger charge is 2.17. The smallest absolute Gasteiger partial charge is 0.224 e. The van der Waals surface area contributed by atoms with E-state index in [0.717, 1.165) is 23.2 Å². The van der Waals surface area contributed by atoms with Crippen molar-refractivity contribution in [3.63, 3.8) is 0 Å². The summed E-state index contributed by atoms with van der Waals surface area (Å²) < 4.78 is 5.44. The van der Waals surface area contributed by atoms with E-state index in [1.165, 1.54) is 0 Å². The molecule has 1 aliphatic rings. The predicted octanol–water partition coefficient (Wildman–Crippen LogP) is 2.52. The molecule has 0 radical (unpaired) electrons. The minimum atomic E-state index is 0.240. The predicted molar refractivity (Wildman–Crippen MR) is 75.8 cm³/mol. The van der Waals surface area contributed by atoms with Crippen LogP contribution in [0.5, 0.6) is 5.75 Å². The van der Waals surface area contributed by atoms with Gasteiger partial charge in [0.15, 0.2) is 0 Å². The van der Waals surface area contributed by atoms with Gasteiger partial charge in [0.05, 0.1) is 18.9 Å². The minimum absolute atomic E-state index is 0.240. The Bertz CT molecular complexity index is 634. The van der Waals surface area contributed by atoms with Crippen molar-refractivity contribution in [3.05, 3.63) is 46.4 Å². The van der Waals surface area contributed by atoms with Crippen LogP contribution in [0.4, 0.5) is 5.82 Å². The topological polar surface area (TPSA) is 67.3 Å². The highest BCUT2D eigenvalue weighted by atomic mass is 35.5. The van der Waals surface area contributed by atoms with Crippen LogP contribution in [0.25, 0.3) is 0 Å². The number of anilines is 1. The second kappa shape index (κ2) is 5.64. The highest BCUT2D eigenvalue weighted by Crippen LogP contribution is 2.24. The number of halogens is 1. The number of nitrogens with zero attached hydrogens (tertiary/aromatic N) is 2. The molecule has 104 valence electrons. The van der Waals surface area contributed by atoms with Crippen molar-refractivity contribution >= 4 is 17.4 Å². The number of aromatic hydroxyl groups is 1. The summed E-state index contributed by atoms with van der Waals surface area (Å²) in [6.45, 7) is 1.70. The van der Waals surface area contributed by atoms with Crippen LogP contribution in [0.3, 0.4) is 0 Å². The Kier molecular flexibility index (Phi) is 3.71. The van der Waals surface area contributed by atoms with Crippen LogP contribution in [0.2, 0.25) is 5.28 Å². The van der Waals surface area contributed by atoms with Gasteiger partial charge in [0, 0.05) is 18.5 Å². The van der Waals surface area contributed by atoms with E-state index in [-0.39, 0.29) is 11.0 Å². The number of hydrogen-bond acceptors (Lipinski definition) is 5. The molecule has 1 aliphatic heterocycles. The van der Waals surface area contributed by atoms with Gasteiger partial charge in [-0.15, -0.1) is 0 Å². The first-order valence-electron chi connectivity index (χ1n) is 6.37. The Morgan fingerprint density at radius 3 is 3.10 bits per heavy atom. The van der Waals surface area contributed by atoms with E-state index < -0.39 is 0 Å². The Balaban J connectivity index is 1.82. The first kappa shape index (κ1) is 13.1. The molecule has 2 N–H and O–H groups in total. The number of phenols is 1. The number of phenolic OH excluding ortho intramolecular Hbond substituents is 1. The van der Waals surface area contributed by atoms with Gasteiger partial charge in [-0.3, -0.25) is 0 Å². The molecule has 5 nitrogen and oxygen atoms in total. The third-order valence-electron chi connectivity index (χ3n) is 3.17. The third kappa shape index (κ3) is 2.84. The van der Waals surface area contributed by atoms with Crippen LogP contribution in [-0.2, 0) is 24.3 Å². The first-order valence-corrected chi connectivity index (χ1v) is 6.75. The minimum Gasteiger partial charge on any atom is -0.508 e. The fraction of sp³-hybridized carbons (Fsp3) is 0.286. The van der Waals surface area contributed by atoms with Crippen molar-refractivity contribution in [2.45, 2.75) is 19.6 Å². The average molecular weight is 292 g/mol. The van der Waals surface area contributed by atoms with Gasteiger partial charge in [0.1, 0.15) is 11.6 Å². The molecule has 2 aromatic rings. The maximum atomic E-state index is 9.45.